The number of likely N-dealkylation sites (N-methyl/N-ethyl adjacent to an activating group) is 1. The van der Waals surface area contributed by atoms with Crippen LogP contribution in [0.4, 0.5) is 0 Å². The van der Waals surface area contributed by atoms with Crippen molar-refractivity contribution in [2.24, 2.45) is 11.8 Å². The van der Waals surface area contributed by atoms with Crippen LogP contribution >= 0.6 is 0 Å². The molecule has 3 heteroatoms. The molecule has 1 saturated heterocycles. The van der Waals surface area contributed by atoms with E-state index in [1.54, 1.807) is 0 Å². The predicted molar refractivity (Wildman–Crippen MR) is 74.2 cm³/mol. The Hall–Kier alpha value is -0.410. The average molecular weight is 242 g/mol. The van der Waals surface area contributed by atoms with Gasteiger partial charge in [0.05, 0.1) is 6.04 Å². The van der Waals surface area contributed by atoms with Gasteiger partial charge in [-0.2, -0.15) is 0 Å². The van der Waals surface area contributed by atoms with Crippen molar-refractivity contribution in [1.29, 1.82) is 0 Å². The lowest BCUT2D eigenvalue weighted by molar-refractivity contribution is -0.130. The van der Waals surface area contributed by atoms with Crippen LogP contribution in [-0.4, -0.2) is 42.4 Å². The van der Waals surface area contributed by atoms with Gasteiger partial charge in [-0.15, -0.1) is 0 Å². The number of nitrogens with zero attached hydrogens (tertiary/aromatic N) is 1. The van der Waals surface area contributed by atoms with Crippen LogP contribution in [0.5, 0.6) is 0 Å². The zero-order chi connectivity index (χ0) is 13.0. The zero-order valence-electron chi connectivity index (χ0n) is 12.0. The third-order valence-electron chi connectivity index (χ3n) is 3.44. The smallest absolute Gasteiger partial charge is 0.152 e. The Morgan fingerprint density at radius 2 is 1.94 bits per heavy atom. The van der Waals surface area contributed by atoms with Gasteiger partial charge in [0, 0.05) is 26.5 Å². The summed E-state index contributed by atoms with van der Waals surface area (Å²) in [6.45, 7) is 13.6. The van der Waals surface area contributed by atoms with Crippen LogP contribution in [0.25, 0.3) is 0 Å². The Kier molecular flexibility index (Phi) is 5.60. The highest BCUT2D eigenvalue weighted by Gasteiger charge is 2.36. The first-order valence-electron chi connectivity index (χ1n) is 6.96. The number of hydrogen-bond acceptors (Lipinski definition) is 3. The molecule has 0 aromatic heterocycles. The number of likely N-dealkylation sites (tertiary alicyclic amines) is 1. The number of rotatable bonds is 7. The van der Waals surface area contributed by atoms with Gasteiger partial charge < -0.3 is 5.32 Å². The molecule has 1 aliphatic heterocycles. The molecule has 0 unspecified atom stereocenters. The van der Waals surface area contributed by atoms with E-state index in [4.69, 9.17) is 0 Å². The molecule has 1 fully saturated rings. The molecular weight excluding hydrogens is 212 g/mol. The average Bonchev–Trinajstić information content (AvgIpc) is 2.18. The van der Waals surface area contributed by atoms with E-state index in [1.165, 1.54) is 0 Å². The van der Waals surface area contributed by atoms with Gasteiger partial charge in [-0.25, -0.2) is 0 Å². The standard InChI is InChI=1S/C14H28N2O.H2/c1-6-15-12-8-16(9-12)13(7-10(2)3)14(17)11(4)5;/h10-13,15H,6-9H2,1-5H3;1H/t13-;/m1./s1. The third kappa shape index (κ3) is 4.07. The van der Waals surface area contributed by atoms with E-state index in [2.05, 4.69) is 31.0 Å². The second kappa shape index (κ2) is 6.50. The van der Waals surface area contributed by atoms with Crippen molar-refractivity contribution in [1.82, 2.24) is 10.2 Å². The van der Waals surface area contributed by atoms with Gasteiger partial charge >= 0.3 is 0 Å². The fourth-order valence-corrected chi connectivity index (χ4v) is 2.46. The molecule has 0 radical (unpaired) electrons. The molecule has 1 atom stereocenters. The Labute approximate surface area is 107 Å². The highest BCUT2D eigenvalue weighted by Crippen LogP contribution is 2.21. The van der Waals surface area contributed by atoms with Gasteiger partial charge in [0.1, 0.15) is 0 Å². The summed E-state index contributed by atoms with van der Waals surface area (Å²) in [6, 6.07) is 0.736. The molecule has 0 spiro atoms. The van der Waals surface area contributed by atoms with Crippen molar-refractivity contribution < 1.29 is 6.22 Å². The fourth-order valence-electron chi connectivity index (χ4n) is 2.46. The predicted octanol–water partition coefficient (Wildman–Crippen LogP) is 2.17. The monoisotopic (exact) mass is 242 g/mol. The summed E-state index contributed by atoms with van der Waals surface area (Å²) in [7, 11) is 0. The SMILES string of the molecule is CCNC1CN([C@H](CC(C)C)C(=O)C(C)C)C1.[HH]. The second-order valence-corrected chi connectivity index (χ2v) is 5.91. The third-order valence-corrected chi connectivity index (χ3v) is 3.44. The summed E-state index contributed by atoms with van der Waals surface area (Å²) in [5.74, 6) is 1.14. The maximum absolute atomic E-state index is 12.2. The minimum Gasteiger partial charge on any atom is -0.312 e. The van der Waals surface area contributed by atoms with E-state index in [0.29, 0.717) is 17.7 Å². The second-order valence-electron chi connectivity index (χ2n) is 5.91. The molecule has 0 bridgehead atoms. The van der Waals surface area contributed by atoms with Crippen molar-refractivity contribution in [2.75, 3.05) is 19.6 Å². The molecule has 0 saturated carbocycles. The molecule has 102 valence electrons. The maximum Gasteiger partial charge on any atom is 0.152 e. The van der Waals surface area contributed by atoms with Crippen molar-refractivity contribution >= 4 is 5.78 Å². The lowest BCUT2D eigenvalue weighted by Gasteiger charge is -2.45. The summed E-state index contributed by atoms with van der Waals surface area (Å²) < 4.78 is 0. The van der Waals surface area contributed by atoms with Crippen LogP contribution in [-0.2, 0) is 4.79 Å². The van der Waals surface area contributed by atoms with Crippen molar-refractivity contribution in [3.63, 3.8) is 0 Å². The first kappa shape index (κ1) is 14.7. The van der Waals surface area contributed by atoms with Gasteiger partial charge in [-0.05, 0) is 18.9 Å². The fraction of sp³-hybridized carbons (Fsp3) is 0.929. The van der Waals surface area contributed by atoms with Crippen LogP contribution in [0, 0.1) is 11.8 Å². The maximum atomic E-state index is 12.2. The summed E-state index contributed by atoms with van der Waals surface area (Å²) in [6.07, 6.45) is 0.996. The van der Waals surface area contributed by atoms with Gasteiger partial charge in [0.25, 0.3) is 0 Å². The summed E-state index contributed by atoms with van der Waals surface area (Å²) in [4.78, 5) is 14.6. The van der Waals surface area contributed by atoms with Crippen molar-refractivity contribution in [3.05, 3.63) is 0 Å². The zero-order valence-corrected chi connectivity index (χ0v) is 12.0. The molecule has 0 aromatic carbocycles. The summed E-state index contributed by atoms with van der Waals surface area (Å²) >= 11 is 0. The van der Waals surface area contributed by atoms with E-state index in [0.717, 1.165) is 26.1 Å². The van der Waals surface area contributed by atoms with E-state index >= 15 is 0 Å². The Morgan fingerprint density at radius 3 is 2.35 bits per heavy atom. The number of carbonyl (C=O) groups is 1. The van der Waals surface area contributed by atoms with Crippen LogP contribution in [0.2, 0.25) is 0 Å². The van der Waals surface area contributed by atoms with Gasteiger partial charge in [-0.3, -0.25) is 9.69 Å². The van der Waals surface area contributed by atoms with Crippen LogP contribution < -0.4 is 5.32 Å². The quantitative estimate of drug-likeness (QED) is 0.742. The number of carbonyl (C=O) groups excluding carboxylic acids is 1. The molecule has 1 aliphatic rings. The Balaban J connectivity index is 0.00000289. The molecule has 1 rings (SSSR count). The van der Waals surface area contributed by atoms with E-state index in [1.807, 2.05) is 13.8 Å². The molecule has 1 heterocycles. The number of ketones is 1. The largest absolute Gasteiger partial charge is 0.312 e. The number of nitrogens with one attached hydrogen (secondary N) is 1. The summed E-state index contributed by atoms with van der Waals surface area (Å²) in [5.41, 5.74) is 0. The molecule has 0 amide bonds. The minimum atomic E-state index is 0. The molecular formula is C14H30N2O. The van der Waals surface area contributed by atoms with Gasteiger partial charge in [-0.1, -0.05) is 34.6 Å². The van der Waals surface area contributed by atoms with E-state index < -0.39 is 0 Å². The first-order valence-corrected chi connectivity index (χ1v) is 6.96. The minimum absolute atomic E-state index is 0. The van der Waals surface area contributed by atoms with Gasteiger partial charge in [0.2, 0.25) is 0 Å². The molecule has 17 heavy (non-hydrogen) atoms. The van der Waals surface area contributed by atoms with E-state index in [-0.39, 0.29) is 13.4 Å². The van der Waals surface area contributed by atoms with Crippen molar-refractivity contribution in [2.45, 2.75) is 53.1 Å². The van der Waals surface area contributed by atoms with Crippen LogP contribution in [0.1, 0.15) is 42.5 Å². The van der Waals surface area contributed by atoms with Crippen LogP contribution in [0.3, 0.4) is 0 Å². The number of hydrogen-bond donors (Lipinski definition) is 1. The van der Waals surface area contributed by atoms with Crippen LogP contribution in [0.15, 0.2) is 0 Å². The molecule has 3 nitrogen and oxygen atoms in total. The lowest BCUT2D eigenvalue weighted by atomic mass is 9.90. The Bertz CT molecular complexity index is 250. The lowest BCUT2D eigenvalue weighted by Crippen LogP contribution is -2.63. The summed E-state index contributed by atoms with van der Waals surface area (Å²) in [5, 5.41) is 3.44. The molecule has 1 N–H and O–H groups in total. The molecule has 0 aliphatic carbocycles. The van der Waals surface area contributed by atoms with Gasteiger partial charge in [0.15, 0.2) is 5.78 Å². The van der Waals surface area contributed by atoms with E-state index in [9.17, 15) is 4.79 Å². The first-order chi connectivity index (χ1) is 7.95. The highest BCUT2D eigenvalue weighted by molar-refractivity contribution is 5.85. The normalized spacial score (nSPS) is 19.7. The number of Topliss-reactive ketones (excluding diaryl/α,β-unsaturated/α-hetero) is 1. The molecule has 0 aromatic rings. The topological polar surface area (TPSA) is 32.3 Å². The Morgan fingerprint density at radius 1 is 1.35 bits per heavy atom. The highest BCUT2D eigenvalue weighted by atomic mass is 16.1. The van der Waals surface area contributed by atoms with Crippen molar-refractivity contribution in [3.8, 4) is 0 Å².